The highest BCUT2D eigenvalue weighted by Crippen LogP contribution is 2.29. The van der Waals surface area contributed by atoms with Crippen LogP contribution in [0.2, 0.25) is 0 Å². The smallest absolute Gasteiger partial charge is 0.412 e. The molecule has 1 aliphatic rings. The summed E-state index contributed by atoms with van der Waals surface area (Å²) in [6.07, 6.45) is 5.49. The summed E-state index contributed by atoms with van der Waals surface area (Å²) in [6, 6.07) is 13.0. The summed E-state index contributed by atoms with van der Waals surface area (Å²) in [5.41, 5.74) is 2.31. The molecule has 1 aromatic heterocycles. The Labute approximate surface area is 198 Å². The predicted octanol–water partition coefficient (Wildman–Crippen LogP) is 5.18. The monoisotopic (exact) mass is 483 g/mol. The summed E-state index contributed by atoms with van der Waals surface area (Å²) in [5.74, 6) is 1.63. The van der Waals surface area contributed by atoms with Crippen molar-refractivity contribution in [1.29, 1.82) is 0 Å². The van der Waals surface area contributed by atoms with Crippen molar-refractivity contribution >= 4 is 25.8 Å². The van der Waals surface area contributed by atoms with Gasteiger partial charge in [0.05, 0.1) is 17.6 Å². The van der Waals surface area contributed by atoms with Crippen LogP contribution in [0.15, 0.2) is 53.1 Å². The minimum absolute atomic E-state index is 0.0781. The number of non-ortho nitro benzene ring substituents is 1. The highest BCUT2D eigenvalue weighted by Gasteiger charge is 2.19. The van der Waals surface area contributed by atoms with E-state index in [1.54, 1.807) is 0 Å². The van der Waals surface area contributed by atoms with Gasteiger partial charge in [0, 0.05) is 23.3 Å². The van der Waals surface area contributed by atoms with E-state index in [2.05, 4.69) is 10.5 Å². The van der Waals surface area contributed by atoms with E-state index in [0.29, 0.717) is 14.3 Å². The van der Waals surface area contributed by atoms with Gasteiger partial charge in [-0.25, -0.2) is 4.79 Å². The molecule has 1 atom stereocenters. The van der Waals surface area contributed by atoms with E-state index in [0.717, 1.165) is 35.2 Å². The zero-order valence-corrected chi connectivity index (χ0v) is 19.8. The molecule has 1 fully saturated rings. The molecule has 4 rings (SSSR count). The zero-order chi connectivity index (χ0) is 23.9. The van der Waals surface area contributed by atoms with Crippen molar-refractivity contribution in [2.45, 2.75) is 44.8 Å². The van der Waals surface area contributed by atoms with Gasteiger partial charge in [-0.1, -0.05) is 20.2 Å². The van der Waals surface area contributed by atoms with E-state index in [-0.39, 0.29) is 24.1 Å². The third-order valence-electron chi connectivity index (χ3n) is 5.66. The number of carbonyl (C=O) groups is 1. The topological polar surface area (TPSA) is 117 Å². The molecule has 10 heteroatoms. The van der Waals surface area contributed by atoms with Crippen molar-refractivity contribution in [3.05, 3.63) is 64.2 Å². The summed E-state index contributed by atoms with van der Waals surface area (Å²) in [4.78, 5) is 22.5. The predicted molar refractivity (Wildman–Crippen MR) is 129 cm³/mol. The summed E-state index contributed by atoms with van der Waals surface area (Å²) in [6.45, 7) is 2.16. The molecule has 1 heterocycles. The first-order valence-corrected chi connectivity index (χ1v) is 12.7. The van der Waals surface area contributed by atoms with Crippen molar-refractivity contribution in [3.63, 3.8) is 0 Å². The highest BCUT2D eigenvalue weighted by molar-refractivity contribution is 7.46. The lowest BCUT2D eigenvalue weighted by Crippen LogP contribution is -2.27. The molecule has 1 saturated carbocycles. The van der Waals surface area contributed by atoms with Crippen molar-refractivity contribution in [1.82, 2.24) is 10.5 Å². The lowest BCUT2D eigenvalue weighted by molar-refractivity contribution is -0.384. The first kappa shape index (κ1) is 23.7. The van der Waals surface area contributed by atoms with E-state index in [1.807, 2.05) is 30.9 Å². The summed E-state index contributed by atoms with van der Waals surface area (Å²) < 4.78 is 16.9. The van der Waals surface area contributed by atoms with Crippen molar-refractivity contribution in [3.8, 4) is 22.8 Å². The van der Waals surface area contributed by atoms with Crippen LogP contribution in [0.4, 0.5) is 10.5 Å². The van der Waals surface area contributed by atoms with Gasteiger partial charge < -0.3 is 19.3 Å². The number of hydrogen-bond donors (Lipinski definition) is 1. The second-order valence-electron chi connectivity index (χ2n) is 7.99. The van der Waals surface area contributed by atoms with Crippen LogP contribution in [-0.4, -0.2) is 28.9 Å². The molecule has 1 aliphatic carbocycles. The summed E-state index contributed by atoms with van der Waals surface area (Å²) in [5, 5.41) is 17.6. The number of nitro groups is 1. The van der Waals surface area contributed by atoms with Gasteiger partial charge in [-0.15, -0.1) is 0 Å². The van der Waals surface area contributed by atoms with Gasteiger partial charge in [0.2, 0.25) is 0 Å². The quantitative estimate of drug-likeness (QED) is 0.266. The van der Waals surface area contributed by atoms with Crippen molar-refractivity contribution < 1.29 is 23.7 Å². The van der Waals surface area contributed by atoms with E-state index in [9.17, 15) is 14.9 Å². The Kier molecular flexibility index (Phi) is 7.75. The maximum absolute atomic E-state index is 12.3. The van der Waals surface area contributed by atoms with Crippen molar-refractivity contribution in [2.24, 2.45) is 0 Å². The lowest BCUT2D eigenvalue weighted by atomic mass is 9.98. The van der Waals surface area contributed by atoms with E-state index in [1.165, 1.54) is 43.5 Å². The molecule has 2 aromatic carbocycles. The molecule has 0 aliphatic heterocycles. The van der Waals surface area contributed by atoms with Crippen LogP contribution in [0.1, 0.15) is 37.7 Å². The maximum atomic E-state index is 12.3. The molecular formula is C24H26N3O6P. The Balaban J connectivity index is 1.40. The number of nitro benzene ring substituents is 1. The molecule has 1 amide bonds. The minimum Gasteiger partial charge on any atom is -0.490 e. The second-order valence-corrected chi connectivity index (χ2v) is 8.96. The highest BCUT2D eigenvalue weighted by atomic mass is 31.1. The largest absolute Gasteiger partial charge is 0.490 e. The molecule has 0 saturated heterocycles. The Morgan fingerprint density at radius 2 is 1.79 bits per heavy atom. The second kappa shape index (κ2) is 11.1. The number of hydrogen-bond acceptors (Lipinski definition) is 7. The van der Waals surface area contributed by atoms with Crippen LogP contribution < -0.4 is 20.2 Å². The number of nitrogens with one attached hydrogen (secondary N) is 1. The fourth-order valence-corrected chi connectivity index (χ4v) is 4.54. The number of benzene rings is 2. The fraction of sp³-hybridized carbons (Fsp3) is 0.333. The maximum Gasteiger partial charge on any atom is 0.412 e. The normalized spacial score (nSPS) is 14.3. The third kappa shape index (κ3) is 5.91. The minimum atomic E-state index is -0.678. The summed E-state index contributed by atoms with van der Waals surface area (Å²) >= 11 is 0. The number of carbonyl (C=O) groups excluding carboxylic acids is 1. The average molecular weight is 483 g/mol. The number of nitrogens with zero attached hydrogens (tertiary/aromatic N) is 2. The molecule has 9 nitrogen and oxygen atoms in total. The van der Waals surface area contributed by atoms with Gasteiger partial charge in [-0.3, -0.25) is 10.1 Å². The molecule has 1 unspecified atom stereocenters. The molecule has 34 heavy (non-hydrogen) atoms. The first-order valence-electron chi connectivity index (χ1n) is 11.2. The Hall–Kier alpha value is -3.45. The standard InChI is InChI=1S/C24H26N3O6P/c1-34-23-21(15-25-24(28)32-20-13-9-17(10-14-20)27(29)30)22(33-26-23)16-7-11-19(12-8-16)31-18-5-3-2-4-6-18/h7-14,18,34H,2-6,15H2,1H3,(H,25,28). The lowest BCUT2D eigenvalue weighted by Gasteiger charge is -2.23. The Morgan fingerprint density at radius 3 is 2.44 bits per heavy atom. The van der Waals surface area contributed by atoms with Gasteiger partial charge in [-0.2, -0.15) is 0 Å². The SMILES string of the molecule is CPc1noc(-c2ccc(OC3CCCCC3)cc2)c1CNC(=O)Oc1ccc([N+](=O)[O-])cc1. The number of amides is 1. The number of ether oxygens (including phenoxy) is 2. The van der Waals surface area contributed by atoms with E-state index in [4.69, 9.17) is 14.0 Å². The zero-order valence-electron chi connectivity index (χ0n) is 18.8. The average Bonchev–Trinajstić information content (AvgIpc) is 3.27. The van der Waals surface area contributed by atoms with Gasteiger partial charge in [0.1, 0.15) is 16.9 Å². The molecule has 0 bridgehead atoms. The fourth-order valence-electron chi connectivity index (χ4n) is 3.90. The van der Waals surface area contributed by atoms with E-state index >= 15 is 0 Å². The molecule has 0 radical (unpaired) electrons. The first-order chi connectivity index (χ1) is 16.5. The van der Waals surface area contributed by atoms with Crippen LogP contribution >= 0.6 is 8.58 Å². The van der Waals surface area contributed by atoms with Crippen LogP contribution in [-0.2, 0) is 6.54 Å². The Morgan fingerprint density at radius 1 is 1.12 bits per heavy atom. The van der Waals surface area contributed by atoms with Crippen LogP contribution in [0, 0.1) is 10.1 Å². The van der Waals surface area contributed by atoms with Crippen LogP contribution in [0.25, 0.3) is 11.3 Å². The molecule has 1 N–H and O–H groups in total. The van der Waals surface area contributed by atoms with Gasteiger partial charge in [-0.05, 0) is 68.7 Å². The molecule has 0 spiro atoms. The third-order valence-corrected chi connectivity index (χ3v) is 6.53. The number of aromatic nitrogens is 1. The van der Waals surface area contributed by atoms with Gasteiger partial charge >= 0.3 is 6.09 Å². The molecule has 3 aromatic rings. The Bertz CT molecular complexity index is 1120. The number of rotatable bonds is 8. The summed E-state index contributed by atoms with van der Waals surface area (Å²) in [7, 11) is 0.382. The van der Waals surface area contributed by atoms with Crippen LogP contribution in [0.5, 0.6) is 11.5 Å². The molecule has 178 valence electrons. The van der Waals surface area contributed by atoms with Gasteiger partial charge in [0.25, 0.3) is 5.69 Å². The van der Waals surface area contributed by atoms with E-state index < -0.39 is 11.0 Å². The van der Waals surface area contributed by atoms with Gasteiger partial charge in [0.15, 0.2) is 5.76 Å². The van der Waals surface area contributed by atoms with Crippen LogP contribution in [0.3, 0.4) is 0 Å². The van der Waals surface area contributed by atoms with Crippen molar-refractivity contribution in [2.75, 3.05) is 6.66 Å². The molecular weight excluding hydrogens is 457 g/mol.